The second-order valence-electron chi connectivity index (χ2n) is 4.38. The van der Waals surface area contributed by atoms with E-state index < -0.39 is 17.5 Å². The first-order valence-electron chi connectivity index (χ1n) is 4.96. The summed E-state index contributed by atoms with van der Waals surface area (Å²) in [6.07, 6.45) is 0. The molecule has 1 N–H and O–H groups in total. The second kappa shape index (κ2) is 6.85. The third-order valence-corrected chi connectivity index (χ3v) is 1.89. The zero-order valence-corrected chi connectivity index (χ0v) is 11.4. The molecule has 0 aliphatic rings. The number of hydrogen-bond acceptors (Lipinski definition) is 4. The summed E-state index contributed by atoms with van der Waals surface area (Å²) in [5.74, 6) is -1.36. The first kappa shape index (κ1) is 15.4. The van der Waals surface area contributed by atoms with Crippen molar-refractivity contribution < 1.29 is 19.4 Å². The average Bonchev–Trinajstić information content (AvgIpc) is 1.98. The van der Waals surface area contributed by atoms with Crippen LogP contribution in [0.5, 0.6) is 0 Å². The molecule has 5 nitrogen and oxygen atoms in total. The Morgan fingerprint density at radius 3 is 2.25 bits per heavy atom. The molecule has 0 fully saturated rings. The Kier molecular flexibility index (Phi) is 6.59. The van der Waals surface area contributed by atoms with Crippen LogP contribution in [0.15, 0.2) is 0 Å². The van der Waals surface area contributed by atoms with Crippen LogP contribution < -0.4 is 0 Å². The summed E-state index contributed by atoms with van der Waals surface area (Å²) in [6, 6.07) is 0. The first-order chi connectivity index (χ1) is 7.24. The maximum Gasteiger partial charge on any atom is 0.320 e. The molecule has 0 atom stereocenters. The maximum absolute atomic E-state index is 11.5. The van der Waals surface area contributed by atoms with E-state index in [0.29, 0.717) is 11.9 Å². The van der Waals surface area contributed by atoms with Gasteiger partial charge in [-0.05, 0) is 20.8 Å². The standard InChI is InChI=1S/C10H18BrNO4/c1-10(2,3)16-9(15)7-12(5-4-11)6-8(13)14/h4-7H2,1-3H3,(H,13,14). The number of rotatable bonds is 6. The number of carboxylic acid groups (broad SMARTS) is 1. The van der Waals surface area contributed by atoms with Crippen molar-refractivity contribution >= 4 is 27.9 Å². The van der Waals surface area contributed by atoms with Gasteiger partial charge in [-0.2, -0.15) is 0 Å². The molecule has 0 aromatic carbocycles. The van der Waals surface area contributed by atoms with Gasteiger partial charge in [0.2, 0.25) is 0 Å². The van der Waals surface area contributed by atoms with E-state index >= 15 is 0 Å². The predicted molar refractivity (Wildman–Crippen MR) is 63.7 cm³/mol. The molecule has 0 aromatic heterocycles. The van der Waals surface area contributed by atoms with Crippen LogP contribution in [0.1, 0.15) is 20.8 Å². The highest BCUT2D eigenvalue weighted by atomic mass is 79.9. The molecule has 0 radical (unpaired) electrons. The minimum Gasteiger partial charge on any atom is -0.480 e. The fourth-order valence-corrected chi connectivity index (χ4v) is 1.58. The fraction of sp³-hybridized carbons (Fsp3) is 0.800. The third-order valence-electron chi connectivity index (χ3n) is 1.53. The number of nitrogens with zero attached hydrogens (tertiary/aromatic N) is 1. The van der Waals surface area contributed by atoms with Crippen LogP contribution in [0.25, 0.3) is 0 Å². The van der Waals surface area contributed by atoms with E-state index in [1.807, 2.05) is 0 Å². The van der Waals surface area contributed by atoms with E-state index in [2.05, 4.69) is 15.9 Å². The van der Waals surface area contributed by atoms with Crippen molar-refractivity contribution in [3.05, 3.63) is 0 Å². The number of esters is 1. The summed E-state index contributed by atoms with van der Waals surface area (Å²) >= 11 is 3.20. The van der Waals surface area contributed by atoms with Crippen molar-refractivity contribution in [1.29, 1.82) is 0 Å². The lowest BCUT2D eigenvalue weighted by Gasteiger charge is -2.23. The Morgan fingerprint density at radius 1 is 1.31 bits per heavy atom. The van der Waals surface area contributed by atoms with Gasteiger partial charge in [0.25, 0.3) is 0 Å². The molecule has 0 unspecified atom stereocenters. The number of carbonyl (C=O) groups is 2. The molecule has 0 aliphatic heterocycles. The molecule has 0 aliphatic carbocycles. The van der Waals surface area contributed by atoms with Crippen molar-refractivity contribution in [3.8, 4) is 0 Å². The number of carbonyl (C=O) groups excluding carboxylic acids is 1. The predicted octanol–water partition coefficient (Wildman–Crippen LogP) is 1.11. The SMILES string of the molecule is CC(C)(C)OC(=O)CN(CCBr)CC(=O)O. The first-order valence-corrected chi connectivity index (χ1v) is 6.08. The van der Waals surface area contributed by atoms with Crippen LogP contribution >= 0.6 is 15.9 Å². The quantitative estimate of drug-likeness (QED) is 0.587. The van der Waals surface area contributed by atoms with Crippen molar-refractivity contribution in [2.45, 2.75) is 26.4 Å². The summed E-state index contributed by atoms with van der Waals surface area (Å²) in [4.78, 5) is 23.5. The van der Waals surface area contributed by atoms with Gasteiger partial charge in [-0.3, -0.25) is 14.5 Å². The summed E-state index contributed by atoms with van der Waals surface area (Å²) < 4.78 is 5.11. The molecule has 0 amide bonds. The van der Waals surface area contributed by atoms with Gasteiger partial charge in [-0.15, -0.1) is 0 Å². The molecular weight excluding hydrogens is 278 g/mol. The van der Waals surface area contributed by atoms with Gasteiger partial charge in [0.05, 0.1) is 13.1 Å². The topological polar surface area (TPSA) is 66.8 Å². The van der Waals surface area contributed by atoms with Gasteiger partial charge in [0.15, 0.2) is 0 Å². The van der Waals surface area contributed by atoms with E-state index in [-0.39, 0.29) is 13.1 Å². The van der Waals surface area contributed by atoms with Crippen LogP contribution in [0.3, 0.4) is 0 Å². The molecular formula is C10H18BrNO4. The smallest absolute Gasteiger partial charge is 0.320 e. The molecule has 6 heteroatoms. The maximum atomic E-state index is 11.5. The van der Waals surface area contributed by atoms with Crippen molar-refractivity contribution in [2.75, 3.05) is 25.0 Å². The molecule has 0 bridgehead atoms. The highest BCUT2D eigenvalue weighted by molar-refractivity contribution is 9.09. The van der Waals surface area contributed by atoms with E-state index in [1.54, 1.807) is 20.8 Å². The minimum atomic E-state index is -0.954. The van der Waals surface area contributed by atoms with Crippen LogP contribution in [0, 0.1) is 0 Å². The van der Waals surface area contributed by atoms with Crippen LogP contribution in [-0.4, -0.2) is 52.5 Å². The summed E-state index contributed by atoms with van der Waals surface area (Å²) in [7, 11) is 0. The van der Waals surface area contributed by atoms with E-state index in [9.17, 15) is 9.59 Å². The van der Waals surface area contributed by atoms with Gasteiger partial charge in [-0.1, -0.05) is 15.9 Å². The average molecular weight is 296 g/mol. The van der Waals surface area contributed by atoms with Gasteiger partial charge >= 0.3 is 11.9 Å². The van der Waals surface area contributed by atoms with Gasteiger partial charge in [0, 0.05) is 11.9 Å². The summed E-state index contributed by atoms with van der Waals surface area (Å²) in [5, 5.41) is 9.26. The number of carboxylic acids is 1. The van der Waals surface area contributed by atoms with Crippen LogP contribution in [0.2, 0.25) is 0 Å². The van der Waals surface area contributed by atoms with Crippen LogP contribution in [-0.2, 0) is 14.3 Å². The van der Waals surface area contributed by atoms with Gasteiger partial charge in [-0.25, -0.2) is 0 Å². The number of alkyl halides is 1. The van der Waals surface area contributed by atoms with E-state index in [4.69, 9.17) is 9.84 Å². The number of aliphatic carboxylic acids is 1. The third kappa shape index (κ3) is 8.67. The van der Waals surface area contributed by atoms with Crippen molar-refractivity contribution in [2.24, 2.45) is 0 Å². The van der Waals surface area contributed by atoms with Gasteiger partial charge < -0.3 is 9.84 Å². The van der Waals surface area contributed by atoms with E-state index in [1.165, 1.54) is 4.90 Å². The zero-order valence-electron chi connectivity index (χ0n) is 9.83. The molecule has 0 saturated heterocycles. The van der Waals surface area contributed by atoms with Crippen molar-refractivity contribution in [3.63, 3.8) is 0 Å². The molecule has 0 heterocycles. The monoisotopic (exact) mass is 295 g/mol. The molecule has 16 heavy (non-hydrogen) atoms. The second-order valence-corrected chi connectivity index (χ2v) is 5.17. The summed E-state index contributed by atoms with van der Waals surface area (Å²) in [6.45, 7) is 5.65. The number of ether oxygens (including phenoxy) is 1. The Balaban J connectivity index is 4.17. The molecule has 94 valence electrons. The Morgan fingerprint density at radius 2 is 1.88 bits per heavy atom. The normalized spacial score (nSPS) is 11.6. The Bertz CT molecular complexity index is 250. The van der Waals surface area contributed by atoms with Crippen molar-refractivity contribution in [1.82, 2.24) is 4.90 Å². The lowest BCUT2D eigenvalue weighted by atomic mass is 10.2. The lowest BCUT2D eigenvalue weighted by molar-refractivity contribution is -0.156. The summed E-state index contributed by atoms with van der Waals surface area (Å²) in [5.41, 5.74) is -0.541. The Labute approximate surface area is 104 Å². The molecule has 0 aromatic rings. The largest absolute Gasteiger partial charge is 0.480 e. The number of hydrogen-bond donors (Lipinski definition) is 1. The molecule has 0 saturated carbocycles. The highest BCUT2D eigenvalue weighted by Gasteiger charge is 2.19. The minimum absolute atomic E-state index is 0.00479. The van der Waals surface area contributed by atoms with Crippen LogP contribution in [0.4, 0.5) is 0 Å². The highest BCUT2D eigenvalue weighted by Crippen LogP contribution is 2.07. The Hall–Kier alpha value is -0.620. The molecule has 0 rings (SSSR count). The number of halogens is 1. The lowest BCUT2D eigenvalue weighted by Crippen LogP contribution is -2.38. The van der Waals surface area contributed by atoms with Gasteiger partial charge in [0.1, 0.15) is 5.60 Å². The fourth-order valence-electron chi connectivity index (χ4n) is 1.08. The molecule has 0 spiro atoms. The zero-order chi connectivity index (χ0) is 12.8. The van der Waals surface area contributed by atoms with E-state index in [0.717, 1.165) is 0 Å².